The van der Waals surface area contributed by atoms with Gasteiger partial charge in [-0.25, -0.2) is 0 Å². The van der Waals surface area contributed by atoms with Crippen molar-refractivity contribution in [2.45, 2.75) is 25.4 Å². The van der Waals surface area contributed by atoms with Crippen molar-refractivity contribution in [3.63, 3.8) is 0 Å². The normalized spacial score (nSPS) is 15.9. The number of hydrogen-bond acceptors (Lipinski definition) is 2. The topological polar surface area (TPSA) is 38.0 Å². The lowest BCUT2D eigenvalue weighted by Crippen LogP contribution is -2.18. The van der Waals surface area contributed by atoms with Gasteiger partial charge in [-0.2, -0.15) is 0 Å². The molecule has 0 amide bonds. The molecule has 1 unspecified atom stereocenters. The minimum absolute atomic E-state index is 0. The van der Waals surface area contributed by atoms with E-state index >= 15 is 0 Å². The predicted molar refractivity (Wildman–Crippen MR) is 89.7 cm³/mol. The quantitative estimate of drug-likeness (QED) is 0.844. The van der Waals surface area contributed by atoms with Crippen LogP contribution in [0.3, 0.4) is 0 Å². The highest BCUT2D eigenvalue weighted by molar-refractivity contribution is 5.85. The number of rotatable bonds is 3. The van der Waals surface area contributed by atoms with Crippen LogP contribution in [0.1, 0.15) is 29.2 Å². The smallest absolute Gasteiger partial charge is 0.0329 e. The molecule has 3 rings (SSSR count). The number of fused-ring (bicyclic) bond motifs is 1. The number of anilines is 1. The molecule has 108 valence electrons. The first-order chi connectivity index (χ1) is 8.83. The summed E-state index contributed by atoms with van der Waals surface area (Å²) >= 11 is 0. The van der Waals surface area contributed by atoms with Gasteiger partial charge in [-0.3, -0.25) is 0 Å². The van der Waals surface area contributed by atoms with Gasteiger partial charge in [0, 0.05) is 18.3 Å². The molecule has 0 heterocycles. The van der Waals surface area contributed by atoms with Crippen molar-refractivity contribution < 1.29 is 0 Å². The molecule has 0 bridgehead atoms. The monoisotopic (exact) mass is 310 g/mol. The van der Waals surface area contributed by atoms with Crippen LogP contribution in [-0.4, -0.2) is 0 Å². The summed E-state index contributed by atoms with van der Waals surface area (Å²) < 4.78 is 0. The minimum Gasteiger partial charge on any atom is -0.399 e. The molecule has 0 radical (unpaired) electrons. The minimum atomic E-state index is 0. The lowest BCUT2D eigenvalue weighted by atomic mass is 10.1. The fraction of sp³-hybridized carbons (Fsp3) is 0.250. The summed E-state index contributed by atoms with van der Waals surface area (Å²) in [5, 5.41) is 3.63. The van der Waals surface area contributed by atoms with Crippen molar-refractivity contribution in [2.75, 3.05) is 5.73 Å². The van der Waals surface area contributed by atoms with Crippen LogP contribution < -0.4 is 11.1 Å². The van der Waals surface area contributed by atoms with E-state index in [0.717, 1.165) is 12.2 Å². The van der Waals surface area contributed by atoms with Crippen molar-refractivity contribution in [1.29, 1.82) is 0 Å². The van der Waals surface area contributed by atoms with Crippen LogP contribution in [-0.2, 0) is 13.0 Å². The number of halogens is 2. The molecule has 1 atom stereocenters. The highest BCUT2D eigenvalue weighted by Gasteiger charge is 2.20. The standard InChI is InChI=1S/C16H18N2.2ClH/c17-14-8-5-12(6-9-14)11-18-16-10-7-13-3-1-2-4-15(13)16;;/h1-6,8-9,16,18H,7,10-11,17H2;2*1H. The lowest BCUT2D eigenvalue weighted by molar-refractivity contribution is 0.530. The highest BCUT2D eigenvalue weighted by atomic mass is 35.5. The maximum atomic E-state index is 5.69. The Morgan fingerprint density at radius 2 is 1.70 bits per heavy atom. The second-order valence-corrected chi connectivity index (χ2v) is 4.91. The van der Waals surface area contributed by atoms with Crippen LogP contribution >= 0.6 is 24.8 Å². The van der Waals surface area contributed by atoms with E-state index < -0.39 is 0 Å². The third-order valence-corrected chi connectivity index (χ3v) is 3.67. The van der Waals surface area contributed by atoms with E-state index in [1.165, 1.54) is 29.5 Å². The Labute approximate surface area is 132 Å². The Bertz CT molecular complexity index is 540. The predicted octanol–water partition coefficient (Wildman–Crippen LogP) is 3.89. The number of aryl methyl sites for hydroxylation is 1. The molecule has 0 spiro atoms. The maximum Gasteiger partial charge on any atom is 0.0329 e. The Morgan fingerprint density at radius 3 is 2.45 bits per heavy atom. The molecule has 2 aromatic carbocycles. The van der Waals surface area contributed by atoms with Gasteiger partial charge in [0.1, 0.15) is 0 Å². The first-order valence-corrected chi connectivity index (χ1v) is 6.48. The summed E-state index contributed by atoms with van der Waals surface area (Å²) in [6.45, 7) is 0.902. The average Bonchev–Trinajstić information content (AvgIpc) is 2.82. The van der Waals surface area contributed by atoms with Crippen LogP contribution in [0, 0.1) is 0 Å². The zero-order chi connectivity index (χ0) is 12.4. The summed E-state index contributed by atoms with van der Waals surface area (Å²) in [5.74, 6) is 0. The van der Waals surface area contributed by atoms with Gasteiger partial charge in [-0.1, -0.05) is 36.4 Å². The lowest BCUT2D eigenvalue weighted by Gasteiger charge is -2.14. The van der Waals surface area contributed by atoms with Crippen molar-refractivity contribution in [3.05, 3.63) is 65.2 Å². The summed E-state index contributed by atoms with van der Waals surface area (Å²) in [6, 6.07) is 17.3. The zero-order valence-corrected chi connectivity index (χ0v) is 12.8. The summed E-state index contributed by atoms with van der Waals surface area (Å²) in [7, 11) is 0. The van der Waals surface area contributed by atoms with Gasteiger partial charge in [0.05, 0.1) is 0 Å². The van der Waals surface area contributed by atoms with Crippen LogP contribution in [0.2, 0.25) is 0 Å². The van der Waals surface area contributed by atoms with Crippen LogP contribution in [0.25, 0.3) is 0 Å². The van der Waals surface area contributed by atoms with E-state index in [1.807, 2.05) is 12.1 Å². The van der Waals surface area contributed by atoms with Crippen LogP contribution in [0.15, 0.2) is 48.5 Å². The Morgan fingerprint density at radius 1 is 1.00 bits per heavy atom. The van der Waals surface area contributed by atoms with Gasteiger partial charge < -0.3 is 11.1 Å². The van der Waals surface area contributed by atoms with Gasteiger partial charge in [0.25, 0.3) is 0 Å². The van der Waals surface area contributed by atoms with Crippen LogP contribution in [0.5, 0.6) is 0 Å². The van der Waals surface area contributed by atoms with E-state index in [4.69, 9.17) is 5.73 Å². The first kappa shape index (κ1) is 16.8. The number of hydrogen-bond donors (Lipinski definition) is 2. The fourth-order valence-corrected chi connectivity index (χ4v) is 2.65. The van der Waals surface area contributed by atoms with E-state index in [2.05, 4.69) is 41.7 Å². The molecule has 0 saturated carbocycles. The van der Waals surface area contributed by atoms with E-state index in [-0.39, 0.29) is 24.8 Å². The fourth-order valence-electron chi connectivity index (χ4n) is 2.65. The molecule has 1 aliphatic carbocycles. The summed E-state index contributed by atoms with van der Waals surface area (Å²) in [6.07, 6.45) is 2.39. The Hall–Kier alpha value is -1.22. The molecule has 0 saturated heterocycles. The molecule has 0 aromatic heterocycles. The molecule has 1 aliphatic rings. The van der Waals surface area contributed by atoms with Gasteiger partial charge in [-0.15, -0.1) is 24.8 Å². The van der Waals surface area contributed by atoms with E-state index in [0.29, 0.717) is 6.04 Å². The number of benzene rings is 2. The molecule has 0 aliphatic heterocycles. The van der Waals surface area contributed by atoms with Gasteiger partial charge in [0.15, 0.2) is 0 Å². The van der Waals surface area contributed by atoms with Crippen molar-refractivity contribution in [2.24, 2.45) is 0 Å². The van der Waals surface area contributed by atoms with Crippen LogP contribution in [0.4, 0.5) is 5.69 Å². The van der Waals surface area contributed by atoms with Gasteiger partial charge in [-0.05, 0) is 41.7 Å². The molecular formula is C16H20Cl2N2. The maximum absolute atomic E-state index is 5.69. The zero-order valence-electron chi connectivity index (χ0n) is 11.2. The summed E-state index contributed by atoms with van der Waals surface area (Å²) in [5.41, 5.74) is 10.8. The third kappa shape index (κ3) is 3.66. The molecule has 20 heavy (non-hydrogen) atoms. The number of nitrogens with two attached hydrogens (primary N) is 1. The molecule has 2 nitrogen and oxygen atoms in total. The molecule has 3 N–H and O–H groups in total. The summed E-state index contributed by atoms with van der Waals surface area (Å²) in [4.78, 5) is 0. The number of nitrogen functional groups attached to an aromatic ring is 1. The molecular weight excluding hydrogens is 291 g/mol. The molecule has 2 aromatic rings. The van der Waals surface area contributed by atoms with Gasteiger partial charge >= 0.3 is 0 Å². The largest absolute Gasteiger partial charge is 0.399 e. The Kier molecular flexibility index (Phi) is 6.34. The molecule has 0 fully saturated rings. The number of nitrogens with one attached hydrogen (secondary N) is 1. The van der Waals surface area contributed by atoms with E-state index in [9.17, 15) is 0 Å². The van der Waals surface area contributed by atoms with E-state index in [1.54, 1.807) is 0 Å². The van der Waals surface area contributed by atoms with Crippen molar-refractivity contribution in [1.82, 2.24) is 5.32 Å². The average molecular weight is 311 g/mol. The SMILES string of the molecule is Cl.Cl.Nc1ccc(CNC2CCc3ccccc32)cc1. The third-order valence-electron chi connectivity index (χ3n) is 3.67. The van der Waals surface area contributed by atoms with Crippen molar-refractivity contribution in [3.8, 4) is 0 Å². The second kappa shape index (κ2) is 7.53. The highest BCUT2D eigenvalue weighted by Crippen LogP contribution is 2.30. The Balaban J connectivity index is 0.000001000. The van der Waals surface area contributed by atoms with Gasteiger partial charge in [0.2, 0.25) is 0 Å². The molecule has 4 heteroatoms. The second-order valence-electron chi connectivity index (χ2n) is 4.91. The first-order valence-electron chi connectivity index (χ1n) is 6.48. The van der Waals surface area contributed by atoms with Crippen molar-refractivity contribution >= 4 is 30.5 Å².